The van der Waals surface area contributed by atoms with Gasteiger partial charge in [0.05, 0.1) is 19.3 Å². The predicted molar refractivity (Wildman–Crippen MR) is 79.7 cm³/mol. The van der Waals surface area contributed by atoms with Crippen molar-refractivity contribution in [3.63, 3.8) is 0 Å². The second kappa shape index (κ2) is 7.45. The predicted octanol–water partition coefficient (Wildman–Crippen LogP) is 3.59. The van der Waals surface area contributed by atoms with Crippen LogP contribution in [-0.2, 0) is 11.3 Å². The van der Waals surface area contributed by atoms with Crippen LogP contribution in [0.3, 0.4) is 0 Å². The number of methoxy groups -OCH3 is 1. The van der Waals surface area contributed by atoms with Crippen LogP contribution < -0.4 is 9.47 Å². The minimum atomic E-state index is -0.668. The Balaban J connectivity index is 2.22. The van der Waals surface area contributed by atoms with Crippen molar-refractivity contribution >= 4 is 5.97 Å². The molecule has 2 aromatic carbocycles. The lowest BCUT2D eigenvalue weighted by molar-refractivity contribution is 0.0525. The summed E-state index contributed by atoms with van der Waals surface area (Å²) in [6, 6.07) is 11.9. The quantitative estimate of drug-likeness (QED) is 0.765. The zero-order chi connectivity index (χ0) is 15.9. The van der Waals surface area contributed by atoms with Crippen LogP contribution in [0, 0.1) is 5.82 Å². The summed E-state index contributed by atoms with van der Waals surface area (Å²) < 4.78 is 29.6. The monoisotopic (exact) mass is 304 g/mol. The maximum Gasteiger partial charge on any atom is 0.338 e. The molecular weight excluding hydrogens is 287 g/mol. The number of esters is 1. The third-order valence-corrected chi connectivity index (χ3v) is 2.97. The number of ether oxygens (including phenoxy) is 3. The molecule has 0 heterocycles. The average molecular weight is 304 g/mol. The molecule has 5 heteroatoms. The molecule has 0 unspecified atom stereocenters. The molecule has 0 N–H and O–H groups in total. The number of carbonyl (C=O) groups excluding carboxylic acids is 1. The minimum Gasteiger partial charge on any atom is -0.493 e. The topological polar surface area (TPSA) is 44.8 Å². The molecule has 0 fully saturated rings. The molecule has 22 heavy (non-hydrogen) atoms. The molecule has 0 radical (unpaired) electrons. The molecule has 0 bridgehead atoms. The van der Waals surface area contributed by atoms with E-state index in [0.717, 1.165) is 11.6 Å². The molecular formula is C17H17FO4. The fraction of sp³-hybridized carbons (Fsp3) is 0.235. The van der Waals surface area contributed by atoms with Crippen LogP contribution in [0.4, 0.5) is 4.39 Å². The molecule has 0 saturated heterocycles. The van der Waals surface area contributed by atoms with Gasteiger partial charge in [0.15, 0.2) is 17.3 Å². The van der Waals surface area contributed by atoms with Crippen molar-refractivity contribution in [3.8, 4) is 11.5 Å². The number of benzene rings is 2. The molecule has 0 atom stereocenters. The smallest absolute Gasteiger partial charge is 0.338 e. The molecule has 0 spiro atoms. The van der Waals surface area contributed by atoms with Gasteiger partial charge in [0, 0.05) is 0 Å². The number of carbonyl (C=O) groups is 1. The van der Waals surface area contributed by atoms with Gasteiger partial charge in [-0.3, -0.25) is 0 Å². The first-order valence-corrected chi connectivity index (χ1v) is 6.87. The average Bonchev–Trinajstić information content (AvgIpc) is 2.54. The van der Waals surface area contributed by atoms with Crippen molar-refractivity contribution in [1.29, 1.82) is 0 Å². The molecule has 4 nitrogen and oxygen atoms in total. The van der Waals surface area contributed by atoms with E-state index in [1.807, 2.05) is 30.3 Å². The van der Waals surface area contributed by atoms with E-state index in [4.69, 9.17) is 14.2 Å². The van der Waals surface area contributed by atoms with Gasteiger partial charge < -0.3 is 14.2 Å². The van der Waals surface area contributed by atoms with Gasteiger partial charge in [0.2, 0.25) is 0 Å². The zero-order valence-electron chi connectivity index (χ0n) is 12.5. The molecule has 2 aromatic rings. The van der Waals surface area contributed by atoms with Gasteiger partial charge in [0.1, 0.15) is 6.61 Å². The van der Waals surface area contributed by atoms with Gasteiger partial charge >= 0.3 is 5.97 Å². The lowest BCUT2D eigenvalue weighted by Gasteiger charge is -2.13. The van der Waals surface area contributed by atoms with E-state index < -0.39 is 11.8 Å². The number of rotatable bonds is 6. The summed E-state index contributed by atoms with van der Waals surface area (Å²) in [6.45, 7) is 2.10. The molecule has 0 aromatic heterocycles. The number of hydrogen-bond donors (Lipinski definition) is 0. The van der Waals surface area contributed by atoms with E-state index >= 15 is 0 Å². The van der Waals surface area contributed by atoms with Crippen molar-refractivity contribution in [1.82, 2.24) is 0 Å². The first-order valence-electron chi connectivity index (χ1n) is 6.87. The van der Waals surface area contributed by atoms with Gasteiger partial charge in [0.25, 0.3) is 0 Å². The van der Waals surface area contributed by atoms with E-state index in [1.54, 1.807) is 6.92 Å². The van der Waals surface area contributed by atoms with E-state index in [0.29, 0.717) is 0 Å². The van der Waals surface area contributed by atoms with Crippen LogP contribution in [0.5, 0.6) is 11.5 Å². The highest BCUT2D eigenvalue weighted by Crippen LogP contribution is 2.32. The Morgan fingerprint density at radius 3 is 2.55 bits per heavy atom. The minimum absolute atomic E-state index is 0.0283. The first-order chi connectivity index (χ1) is 10.7. The molecule has 0 amide bonds. The van der Waals surface area contributed by atoms with Gasteiger partial charge in [-0.1, -0.05) is 30.3 Å². The van der Waals surface area contributed by atoms with Gasteiger partial charge in [-0.05, 0) is 24.6 Å². The fourth-order valence-corrected chi connectivity index (χ4v) is 1.92. The maximum atomic E-state index is 14.2. The summed E-state index contributed by atoms with van der Waals surface area (Å²) in [4.78, 5) is 11.7. The van der Waals surface area contributed by atoms with Crippen LogP contribution >= 0.6 is 0 Å². The standard InChI is InChI=1S/C17H17FO4/c1-3-21-17(19)13-9-14(18)16(15(10-13)20-2)22-11-12-7-5-4-6-8-12/h4-10H,3,11H2,1-2H3. The Hall–Kier alpha value is -2.56. The van der Waals surface area contributed by atoms with E-state index in [9.17, 15) is 9.18 Å². The summed E-state index contributed by atoms with van der Waals surface area (Å²) >= 11 is 0. The van der Waals surface area contributed by atoms with E-state index in [-0.39, 0.29) is 30.3 Å². The normalized spacial score (nSPS) is 10.1. The molecule has 0 saturated carbocycles. The lowest BCUT2D eigenvalue weighted by Crippen LogP contribution is -2.07. The van der Waals surface area contributed by atoms with Crippen molar-refractivity contribution in [2.24, 2.45) is 0 Å². The third-order valence-electron chi connectivity index (χ3n) is 2.97. The highest BCUT2D eigenvalue weighted by atomic mass is 19.1. The summed E-state index contributed by atoms with van der Waals surface area (Å²) in [7, 11) is 1.39. The number of halogens is 1. The summed E-state index contributed by atoms with van der Waals surface area (Å²) in [5, 5.41) is 0. The summed E-state index contributed by atoms with van der Waals surface area (Å²) in [5.74, 6) is -1.15. The van der Waals surface area contributed by atoms with Crippen molar-refractivity contribution in [3.05, 3.63) is 59.4 Å². The Morgan fingerprint density at radius 2 is 1.91 bits per heavy atom. The van der Waals surface area contributed by atoms with Crippen LogP contribution in [-0.4, -0.2) is 19.7 Å². The molecule has 0 aliphatic rings. The maximum absolute atomic E-state index is 14.2. The lowest BCUT2D eigenvalue weighted by atomic mass is 10.2. The van der Waals surface area contributed by atoms with Crippen LogP contribution in [0.15, 0.2) is 42.5 Å². The van der Waals surface area contributed by atoms with Crippen molar-refractivity contribution in [2.75, 3.05) is 13.7 Å². The Kier molecular flexibility index (Phi) is 5.36. The van der Waals surface area contributed by atoms with Gasteiger partial charge in [-0.15, -0.1) is 0 Å². The van der Waals surface area contributed by atoms with Crippen LogP contribution in [0.25, 0.3) is 0 Å². The second-order valence-corrected chi connectivity index (χ2v) is 4.48. The van der Waals surface area contributed by atoms with Crippen LogP contribution in [0.1, 0.15) is 22.8 Å². The highest BCUT2D eigenvalue weighted by Gasteiger charge is 2.17. The third kappa shape index (κ3) is 3.75. The summed E-state index contributed by atoms with van der Waals surface area (Å²) in [6.07, 6.45) is 0. The number of hydrogen-bond acceptors (Lipinski definition) is 4. The molecule has 2 rings (SSSR count). The Morgan fingerprint density at radius 1 is 1.18 bits per heavy atom. The SMILES string of the molecule is CCOC(=O)c1cc(F)c(OCc2ccccc2)c(OC)c1. The molecule has 116 valence electrons. The first kappa shape index (κ1) is 15.8. The van der Waals surface area contributed by atoms with Gasteiger partial charge in [-0.2, -0.15) is 0 Å². The van der Waals surface area contributed by atoms with Crippen molar-refractivity contribution < 1.29 is 23.4 Å². The zero-order valence-corrected chi connectivity index (χ0v) is 12.5. The van der Waals surface area contributed by atoms with E-state index in [1.165, 1.54) is 13.2 Å². The van der Waals surface area contributed by atoms with Crippen LogP contribution in [0.2, 0.25) is 0 Å². The molecule has 0 aliphatic heterocycles. The van der Waals surface area contributed by atoms with Crippen molar-refractivity contribution in [2.45, 2.75) is 13.5 Å². The highest BCUT2D eigenvalue weighted by molar-refractivity contribution is 5.90. The summed E-state index contributed by atoms with van der Waals surface area (Å²) in [5.41, 5.74) is 0.988. The Bertz CT molecular complexity index is 641. The fourth-order valence-electron chi connectivity index (χ4n) is 1.92. The van der Waals surface area contributed by atoms with Gasteiger partial charge in [-0.25, -0.2) is 9.18 Å². The molecule has 0 aliphatic carbocycles. The Labute approximate surface area is 128 Å². The van der Waals surface area contributed by atoms with E-state index in [2.05, 4.69) is 0 Å². The largest absolute Gasteiger partial charge is 0.493 e. The second-order valence-electron chi connectivity index (χ2n) is 4.48.